The molecule has 0 aromatic rings. The minimum Gasteiger partial charge on any atom is -0.354 e. The molecule has 0 aromatic heterocycles. The van der Waals surface area contributed by atoms with Gasteiger partial charge in [-0.3, -0.25) is 4.79 Å². The summed E-state index contributed by atoms with van der Waals surface area (Å²) in [5.41, 5.74) is 0. The summed E-state index contributed by atoms with van der Waals surface area (Å²) < 4.78 is 0. The molecule has 1 aliphatic heterocycles. The van der Waals surface area contributed by atoms with Gasteiger partial charge >= 0.3 is 0 Å². The van der Waals surface area contributed by atoms with E-state index in [1.54, 1.807) is 0 Å². The second-order valence-electron chi connectivity index (χ2n) is 3.91. The SMILES string of the molecule is CC(C)NCC(=O)NCC1CSCCS1. The average Bonchev–Trinajstić information content (AvgIpc) is 2.25. The Labute approximate surface area is 101 Å². The summed E-state index contributed by atoms with van der Waals surface area (Å²) in [6, 6.07) is 0.371. The van der Waals surface area contributed by atoms with Crippen molar-refractivity contribution >= 4 is 29.4 Å². The van der Waals surface area contributed by atoms with E-state index in [1.807, 2.05) is 37.4 Å². The maximum Gasteiger partial charge on any atom is 0.234 e. The predicted molar refractivity (Wildman–Crippen MR) is 69.7 cm³/mol. The summed E-state index contributed by atoms with van der Waals surface area (Å²) in [5.74, 6) is 3.75. The molecule has 0 radical (unpaired) electrons. The van der Waals surface area contributed by atoms with Crippen molar-refractivity contribution in [2.24, 2.45) is 0 Å². The predicted octanol–water partition coefficient (Wildman–Crippen LogP) is 0.949. The van der Waals surface area contributed by atoms with Crippen molar-refractivity contribution in [2.75, 3.05) is 30.3 Å². The van der Waals surface area contributed by atoms with Gasteiger partial charge in [0.1, 0.15) is 0 Å². The standard InChI is InChI=1S/C10H20N2OS2/c1-8(2)11-6-10(13)12-5-9-7-14-3-4-15-9/h8-9,11H,3-7H2,1-2H3,(H,12,13). The van der Waals surface area contributed by atoms with E-state index in [1.165, 1.54) is 17.3 Å². The fourth-order valence-electron chi connectivity index (χ4n) is 1.24. The monoisotopic (exact) mass is 248 g/mol. The molecule has 1 atom stereocenters. The Kier molecular flexibility index (Phi) is 6.52. The first-order chi connectivity index (χ1) is 7.18. The molecule has 15 heavy (non-hydrogen) atoms. The van der Waals surface area contributed by atoms with E-state index >= 15 is 0 Å². The number of carbonyl (C=O) groups is 1. The Hall–Kier alpha value is 0.130. The molecule has 5 heteroatoms. The summed E-state index contributed by atoms with van der Waals surface area (Å²) in [6.45, 7) is 5.33. The van der Waals surface area contributed by atoms with E-state index in [4.69, 9.17) is 0 Å². The van der Waals surface area contributed by atoms with Crippen molar-refractivity contribution in [3.63, 3.8) is 0 Å². The number of carbonyl (C=O) groups excluding carboxylic acids is 1. The molecule has 1 aliphatic rings. The van der Waals surface area contributed by atoms with Gasteiger partial charge in [0.2, 0.25) is 5.91 Å². The van der Waals surface area contributed by atoms with Gasteiger partial charge in [0, 0.05) is 35.1 Å². The van der Waals surface area contributed by atoms with E-state index in [0.29, 0.717) is 17.8 Å². The lowest BCUT2D eigenvalue weighted by atomic mass is 10.4. The highest BCUT2D eigenvalue weighted by Gasteiger charge is 2.14. The molecule has 88 valence electrons. The maximum atomic E-state index is 11.4. The van der Waals surface area contributed by atoms with Crippen LogP contribution in [0.5, 0.6) is 0 Å². The molecule has 1 amide bonds. The zero-order valence-electron chi connectivity index (χ0n) is 9.41. The molecule has 0 aromatic carbocycles. The third-order valence-corrected chi connectivity index (χ3v) is 4.93. The molecule has 0 bridgehead atoms. The Morgan fingerprint density at radius 3 is 2.87 bits per heavy atom. The zero-order valence-corrected chi connectivity index (χ0v) is 11.0. The number of hydrogen-bond acceptors (Lipinski definition) is 4. The Balaban J connectivity index is 2.05. The maximum absolute atomic E-state index is 11.4. The van der Waals surface area contributed by atoms with Crippen LogP contribution in [-0.2, 0) is 4.79 Å². The van der Waals surface area contributed by atoms with E-state index in [9.17, 15) is 4.79 Å². The van der Waals surface area contributed by atoms with Crippen LogP contribution in [0.25, 0.3) is 0 Å². The molecular formula is C10H20N2OS2. The van der Waals surface area contributed by atoms with Crippen LogP contribution in [0.3, 0.4) is 0 Å². The van der Waals surface area contributed by atoms with Crippen LogP contribution in [-0.4, -0.2) is 47.5 Å². The number of hydrogen-bond donors (Lipinski definition) is 2. The van der Waals surface area contributed by atoms with E-state index in [-0.39, 0.29) is 5.91 Å². The number of thioether (sulfide) groups is 2. The van der Waals surface area contributed by atoms with Crippen molar-refractivity contribution in [1.82, 2.24) is 10.6 Å². The van der Waals surface area contributed by atoms with Crippen LogP contribution < -0.4 is 10.6 Å². The van der Waals surface area contributed by atoms with Gasteiger partial charge in [0.15, 0.2) is 0 Å². The largest absolute Gasteiger partial charge is 0.354 e. The van der Waals surface area contributed by atoms with Crippen LogP contribution in [0.4, 0.5) is 0 Å². The van der Waals surface area contributed by atoms with Crippen molar-refractivity contribution in [3.8, 4) is 0 Å². The second-order valence-corrected chi connectivity index (χ2v) is 6.47. The summed E-state index contributed by atoms with van der Waals surface area (Å²) >= 11 is 3.96. The number of rotatable bonds is 5. The smallest absolute Gasteiger partial charge is 0.234 e. The van der Waals surface area contributed by atoms with Gasteiger partial charge in [0.05, 0.1) is 6.54 Å². The molecule has 0 saturated carbocycles. The lowest BCUT2D eigenvalue weighted by molar-refractivity contribution is -0.120. The van der Waals surface area contributed by atoms with Crippen molar-refractivity contribution in [1.29, 1.82) is 0 Å². The fourth-order valence-corrected chi connectivity index (χ4v) is 3.85. The third kappa shape index (κ3) is 6.33. The molecule has 3 nitrogen and oxygen atoms in total. The van der Waals surface area contributed by atoms with Gasteiger partial charge < -0.3 is 10.6 Å². The lowest BCUT2D eigenvalue weighted by Gasteiger charge is -2.21. The first-order valence-electron chi connectivity index (χ1n) is 5.38. The number of nitrogens with one attached hydrogen (secondary N) is 2. The van der Waals surface area contributed by atoms with Crippen molar-refractivity contribution in [2.45, 2.75) is 25.1 Å². The quantitative estimate of drug-likeness (QED) is 0.760. The van der Waals surface area contributed by atoms with Crippen LogP contribution >= 0.6 is 23.5 Å². The van der Waals surface area contributed by atoms with Crippen LogP contribution in [0.2, 0.25) is 0 Å². The van der Waals surface area contributed by atoms with Crippen molar-refractivity contribution < 1.29 is 4.79 Å². The molecule has 0 aliphatic carbocycles. The summed E-state index contributed by atoms with van der Waals surface area (Å²) in [6.07, 6.45) is 0. The minimum absolute atomic E-state index is 0.111. The van der Waals surface area contributed by atoms with E-state index < -0.39 is 0 Å². The topological polar surface area (TPSA) is 41.1 Å². The summed E-state index contributed by atoms with van der Waals surface area (Å²) in [4.78, 5) is 11.4. The Bertz CT molecular complexity index is 194. The van der Waals surface area contributed by atoms with Crippen LogP contribution in [0.1, 0.15) is 13.8 Å². The highest BCUT2D eigenvalue weighted by atomic mass is 32.2. The second kappa shape index (κ2) is 7.41. The van der Waals surface area contributed by atoms with Gasteiger partial charge in [-0.1, -0.05) is 13.8 Å². The summed E-state index contributed by atoms with van der Waals surface area (Å²) in [7, 11) is 0. The van der Waals surface area contributed by atoms with Gasteiger partial charge in [-0.2, -0.15) is 23.5 Å². The fraction of sp³-hybridized carbons (Fsp3) is 0.900. The first-order valence-corrected chi connectivity index (χ1v) is 7.58. The van der Waals surface area contributed by atoms with E-state index in [0.717, 1.165) is 6.54 Å². The lowest BCUT2D eigenvalue weighted by Crippen LogP contribution is -2.40. The normalized spacial score (nSPS) is 21.7. The van der Waals surface area contributed by atoms with Crippen LogP contribution in [0, 0.1) is 0 Å². The molecule has 1 saturated heterocycles. The molecule has 1 fully saturated rings. The molecular weight excluding hydrogens is 228 g/mol. The molecule has 1 rings (SSSR count). The zero-order chi connectivity index (χ0) is 11.1. The highest BCUT2D eigenvalue weighted by Crippen LogP contribution is 2.23. The van der Waals surface area contributed by atoms with E-state index in [2.05, 4.69) is 10.6 Å². The molecule has 2 N–H and O–H groups in total. The molecule has 0 spiro atoms. The highest BCUT2D eigenvalue weighted by molar-refractivity contribution is 8.06. The molecule has 1 unspecified atom stereocenters. The van der Waals surface area contributed by atoms with Gasteiger partial charge in [0.25, 0.3) is 0 Å². The van der Waals surface area contributed by atoms with Crippen LogP contribution in [0.15, 0.2) is 0 Å². The molecule has 1 heterocycles. The minimum atomic E-state index is 0.111. The first kappa shape index (κ1) is 13.2. The Morgan fingerprint density at radius 2 is 2.27 bits per heavy atom. The average molecular weight is 248 g/mol. The van der Waals surface area contributed by atoms with Gasteiger partial charge in [-0.15, -0.1) is 0 Å². The summed E-state index contributed by atoms with van der Waals surface area (Å²) in [5, 5.41) is 6.68. The third-order valence-electron chi connectivity index (χ3n) is 2.08. The Morgan fingerprint density at radius 1 is 1.47 bits per heavy atom. The van der Waals surface area contributed by atoms with Crippen molar-refractivity contribution in [3.05, 3.63) is 0 Å². The van der Waals surface area contributed by atoms with Gasteiger partial charge in [-0.05, 0) is 0 Å². The number of amides is 1. The van der Waals surface area contributed by atoms with Gasteiger partial charge in [-0.25, -0.2) is 0 Å².